The van der Waals surface area contributed by atoms with Crippen LogP contribution in [0.2, 0.25) is 0 Å². The Labute approximate surface area is 165 Å². The number of rotatable bonds is 6. The first-order chi connectivity index (χ1) is 13.3. The van der Waals surface area contributed by atoms with Crippen LogP contribution < -0.4 is 5.56 Å². The lowest BCUT2D eigenvalue weighted by atomic mass is 10.0. The zero-order valence-electron chi connectivity index (χ0n) is 16.9. The van der Waals surface area contributed by atoms with Crippen LogP contribution in [0.1, 0.15) is 40.9 Å². The van der Waals surface area contributed by atoms with Crippen molar-refractivity contribution in [3.8, 4) is 11.3 Å². The van der Waals surface area contributed by atoms with Crippen LogP contribution in [0.4, 0.5) is 0 Å². The molecule has 0 atom stereocenters. The van der Waals surface area contributed by atoms with Crippen molar-refractivity contribution < 1.29 is 4.79 Å². The maximum atomic E-state index is 12.7. The van der Waals surface area contributed by atoms with Crippen LogP contribution >= 0.6 is 0 Å². The molecule has 3 rings (SSSR count). The molecule has 0 N–H and O–H groups in total. The van der Waals surface area contributed by atoms with Crippen LogP contribution in [0.15, 0.2) is 59.4 Å². The van der Waals surface area contributed by atoms with Crippen molar-refractivity contribution in [2.24, 2.45) is 5.92 Å². The van der Waals surface area contributed by atoms with E-state index in [2.05, 4.69) is 31.1 Å². The Hall–Kier alpha value is -3.01. The van der Waals surface area contributed by atoms with E-state index < -0.39 is 0 Å². The molecule has 0 saturated heterocycles. The summed E-state index contributed by atoms with van der Waals surface area (Å²) >= 11 is 0. The fourth-order valence-corrected chi connectivity index (χ4v) is 3.26. The topological polar surface area (TPSA) is 52.0 Å². The Kier molecular flexibility index (Phi) is 5.88. The number of carbonyl (C=O) groups is 1. The van der Waals surface area contributed by atoms with Crippen LogP contribution in [0.3, 0.4) is 0 Å². The quantitative estimate of drug-likeness (QED) is 0.592. The second-order valence-electron chi connectivity index (χ2n) is 7.75. The van der Waals surface area contributed by atoms with E-state index in [4.69, 9.17) is 0 Å². The fourth-order valence-electron chi connectivity index (χ4n) is 3.26. The first kappa shape index (κ1) is 19.7. The second kappa shape index (κ2) is 8.34. The summed E-state index contributed by atoms with van der Waals surface area (Å²) in [5, 5.41) is 4.43. The van der Waals surface area contributed by atoms with Gasteiger partial charge in [0, 0.05) is 17.2 Å². The van der Waals surface area contributed by atoms with Gasteiger partial charge in [-0.2, -0.15) is 5.10 Å². The molecule has 0 unspecified atom stereocenters. The van der Waals surface area contributed by atoms with Gasteiger partial charge in [0.05, 0.1) is 5.69 Å². The molecule has 3 aromatic rings. The van der Waals surface area contributed by atoms with Crippen molar-refractivity contribution in [3.05, 3.63) is 87.2 Å². The molecule has 0 bridgehead atoms. The van der Waals surface area contributed by atoms with E-state index in [1.807, 2.05) is 44.2 Å². The number of nitrogens with zero attached hydrogens (tertiary/aromatic N) is 2. The van der Waals surface area contributed by atoms with Gasteiger partial charge < -0.3 is 0 Å². The molecule has 1 heterocycles. The number of aryl methyl sites for hydroxylation is 2. The van der Waals surface area contributed by atoms with E-state index in [1.165, 1.54) is 16.3 Å². The molecule has 0 fully saturated rings. The number of ketones is 1. The van der Waals surface area contributed by atoms with Gasteiger partial charge in [-0.3, -0.25) is 9.59 Å². The highest BCUT2D eigenvalue weighted by atomic mass is 16.1. The van der Waals surface area contributed by atoms with Crippen LogP contribution in [-0.4, -0.2) is 15.6 Å². The molecular weight excluding hydrogens is 348 g/mol. The van der Waals surface area contributed by atoms with Gasteiger partial charge in [0.25, 0.3) is 5.56 Å². The lowest BCUT2D eigenvalue weighted by Crippen LogP contribution is -2.26. The predicted octanol–water partition coefficient (Wildman–Crippen LogP) is 4.61. The molecule has 0 amide bonds. The normalized spacial score (nSPS) is 11.0. The third kappa shape index (κ3) is 4.63. The number of hydrogen-bond donors (Lipinski definition) is 0. The van der Waals surface area contributed by atoms with Crippen molar-refractivity contribution in [2.75, 3.05) is 0 Å². The number of benzene rings is 2. The molecule has 0 spiro atoms. The van der Waals surface area contributed by atoms with Gasteiger partial charge in [-0.1, -0.05) is 55.8 Å². The van der Waals surface area contributed by atoms with Gasteiger partial charge in [0.15, 0.2) is 5.78 Å². The van der Waals surface area contributed by atoms with Crippen molar-refractivity contribution >= 4 is 5.78 Å². The van der Waals surface area contributed by atoms with Crippen molar-refractivity contribution in [3.63, 3.8) is 0 Å². The number of carbonyl (C=O) groups excluding carboxylic acids is 1. The average Bonchev–Trinajstić information content (AvgIpc) is 2.65. The largest absolute Gasteiger partial charge is 0.292 e. The Morgan fingerprint density at radius 3 is 2.39 bits per heavy atom. The molecule has 1 aromatic heterocycles. The van der Waals surface area contributed by atoms with E-state index in [0.717, 1.165) is 23.1 Å². The van der Waals surface area contributed by atoms with Crippen molar-refractivity contribution in [1.82, 2.24) is 9.78 Å². The first-order valence-corrected chi connectivity index (χ1v) is 9.61. The molecule has 144 valence electrons. The average molecular weight is 374 g/mol. The summed E-state index contributed by atoms with van der Waals surface area (Å²) in [6.45, 7) is 8.17. The third-order valence-electron chi connectivity index (χ3n) is 4.75. The minimum atomic E-state index is -0.279. The predicted molar refractivity (Wildman–Crippen MR) is 113 cm³/mol. The van der Waals surface area contributed by atoms with E-state index >= 15 is 0 Å². The highest BCUT2D eigenvalue weighted by Crippen LogP contribution is 2.18. The lowest BCUT2D eigenvalue weighted by molar-refractivity contribution is 0.0965. The Morgan fingerprint density at radius 1 is 1.00 bits per heavy atom. The van der Waals surface area contributed by atoms with Crippen LogP contribution in [0.5, 0.6) is 0 Å². The van der Waals surface area contributed by atoms with E-state index in [9.17, 15) is 9.59 Å². The van der Waals surface area contributed by atoms with E-state index in [0.29, 0.717) is 17.2 Å². The van der Waals surface area contributed by atoms with Gasteiger partial charge in [-0.15, -0.1) is 0 Å². The molecule has 4 heteroatoms. The number of hydrogen-bond acceptors (Lipinski definition) is 3. The van der Waals surface area contributed by atoms with Gasteiger partial charge in [-0.05, 0) is 49.4 Å². The van der Waals surface area contributed by atoms with Gasteiger partial charge >= 0.3 is 0 Å². The zero-order valence-corrected chi connectivity index (χ0v) is 16.9. The molecule has 0 aliphatic heterocycles. The summed E-state index contributed by atoms with van der Waals surface area (Å²) in [6.07, 6.45) is 1.03. The zero-order chi connectivity index (χ0) is 20.3. The Bertz CT molecular complexity index is 1050. The summed E-state index contributed by atoms with van der Waals surface area (Å²) in [4.78, 5) is 25.0. The highest BCUT2D eigenvalue weighted by molar-refractivity contribution is 5.97. The van der Waals surface area contributed by atoms with E-state index in [-0.39, 0.29) is 17.9 Å². The summed E-state index contributed by atoms with van der Waals surface area (Å²) < 4.78 is 1.25. The van der Waals surface area contributed by atoms with Gasteiger partial charge in [0.2, 0.25) is 0 Å². The number of aromatic nitrogens is 2. The summed E-state index contributed by atoms with van der Waals surface area (Å²) in [5.74, 6) is 0.488. The Morgan fingerprint density at radius 2 is 1.71 bits per heavy atom. The molecule has 4 nitrogen and oxygen atoms in total. The maximum absolute atomic E-state index is 12.7. The van der Waals surface area contributed by atoms with Crippen LogP contribution in [-0.2, 0) is 13.0 Å². The summed E-state index contributed by atoms with van der Waals surface area (Å²) in [6, 6.07) is 17.2. The maximum Gasteiger partial charge on any atom is 0.267 e. The second-order valence-corrected chi connectivity index (χ2v) is 7.75. The molecule has 0 aliphatic carbocycles. The number of Topliss-reactive ketones (excluding diaryl/α,β-unsaturated/α-hetero) is 1. The third-order valence-corrected chi connectivity index (χ3v) is 4.75. The molecule has 0 saturated carbocycles. The molecule has 0 radical (unpaired) electrons. The van der Waals surface area contributed by atoms with Crippen LogP contribution in [0, 0.1) is 19.8 Å². The van der Waals surface area contributed by atoms with Gasteiger partial charge in [0.1, 0.15) is 6.54 Å². The molecule has 2 aromatic carbocycles. The van der Waals surface area contributed by atoms with Crippen molar-refractivity contribution in [1.29, 1.82) is 0 Å². The smallest absolute Gasteiger partial charge is 0.267 e. The van der Waals surface area contributed by atoms with Crippen molar-refractivity contribution in [2.45, 2.75) is 40.7 Å². The lowest BCUT2D eigenvalue weighted by Gasteiger charge is -2.10. The standard InChI is InChI=1S/C24H26N2O2/c1-16(2)13-19-7-9-20(10-8-19)22-11-12-24(28)26(25-22)15-23(27)21-14-17(3)5-6-18(21)4/h5-12,14,16H,13,15H2,1-4H3. The first-order valence-electron chi connectivity index (χ1n) is 9.61. The fraction of sp³-hybridized carbons (Fsp3) is 0.292. The summed E-state index contributed by atoms with van der Waals surface area (Å²) in [5.41, 5.74) is 5.17. The highest BCUT2D eigenvalue weighted by Gasteiger charge is 2.13. The van der Waals surface area contributed by atoms with Crippen LogP contribution in [0.25, 0.3) is 11.3 Å². The molecule has 0 aliphatic rings. The monoisotopic (exact) mass is 374 g/mol. The Balaban J connectivity index is 1.86. The van der Waals surface area contributed by atoms with E-state index in [1.54, 1.807) is 6.07 Å². The SMILES string of the molecule is Cc1ccc(C)c(C(=O)Cn2nc(-c3ccc(CC(C)C)cc3)ccc2=O)c1. The molecule has 28 heavy (non-hydrogen) atoms. The summed E-state index contributed by atoms with van der Waals surface area (Å²) in [7, 11) is 0. The minimum Gasteiger partial charge on any atom is -0.292 e. The molecular formula is C24H26N2O2. The van der Waals surface area contributed by atoms with Gasteiger partial charge in [-0.25, -0.2) is 4.68 Å². The minimum absolute atomic E-state index is 0.0671.